The van der Waals surface area contributed by atoms with E-state index in [1.165, 1.54) is 6.21 Å². The Morgan fingerprint density at radius 2 is 2.33 bits per heavy atom. The first kappa shape index (κ1) is 15.4. The molecule has 0 radical (unpaired) electrons. The third-order valence-corrected chi connectivity index (χ3v) is 3.65. The van der Waals surface area contributed by atoms with Crippen LogP contribution in [0.5, 0.6) is 0 Å². The number of nitrogens with one attached hydrogen (secondary N) is 2. The lowest BCUT2D eigenvalue weighted by atomic mass is 9.97. The van der Waals surface area contributed by atoms with Crippen LogP contribution in [-0.2, 0) is 0 Å². The summed E-state index contributed by atoms with van der Waals surface area (Å²) < 4.78 is 0. The first-order valence-electron chi connectivity index (χ1n) is 6.88. The summed E-state index contributed by atoms with van der Waals surface area (Å²) in [5, 5.41) is 15.6. The highest BCUT2D eigenvalue weighted by molar-refractivity contribution is 6.28. The lowest BCUT2D eigenvalue weighted by Crippen LogP contribution is -2.04. The summed E-state index contributed by atoms with van der Waals surface area (Å²) >= 11 is 5.77. The zero-order chi connectivity index (χ0) is 15.2. The minimum absolute atomic E-state index is 0.177. The first-order chi connectivity index (χ1) is 10.1. The van der Waals surface area contributed by atoms with Gasteiger partial charge in [-0.25, -0.2) is 9.97 Å². The number of terminal acetylenes is 1. The lowest BCUT2D eigenvalue weighted by molar-refractivity contribution is 0.757. The number of aromatic nitrogens is 2. The Morgan fingerprint density at radius 1 is 1.57 bits per heavy atom. The summed E-state index contributed by atoms with van der Waals surface area (Å²) in [6, 6.07) is 1.75. The molecule has 0 aliphatic heterocycles. The van der Waals surface area contributed by atoms with Crippen molar-refractivity contribution >= 4 is 23.5 Å². The maximum atomic E-state index is 8.01. The molecule has 4 nitrogen and oxygen atoms in total. The maximum Gasteiger partial charge on any atom is 0.222 e. The largest absolute Gasteiger partial charge is 0.308 e. The predicted molar refractivity (Wildman–Crippen MR) is 85.2 cm³/mol. The summed E-state index contributed by atoms with van der Waals surface area (Å²) in [6.07, 6.45) is 13.7. The van der Waals surface area contributed by atoms with Gasteiger partial charge in [-0.1, -0.05) is 5.92 Å². The Labute approximate surface area is 129 Å². The van der Waals surface area contributed by atoms with Crippen LogP contribution in [0, 0.1) is 29.1 Å². The van der Waals surface area contributed by atoms with Gasteiger partial charge in [-0.3, -0.25) is 0 Å². The van der Waals surface area contributed by atoms with Crippen molar-refractivity contribution in [2.75, 3.05) is 0 Å². The van der Waals surface area contributed by atoms with Crippen LogP contribution in [0.15, 0.2) is 23.9 Å². The molecule has 0 bridgehead atoms. The molecule has 0 spiro atoms. The highest BCUT2D eigenvalue weighted by Crippen LogP contribution is 2.35. The fraction of sp³-hybridized carbons (Fsp3) is 0.375. The standard InChI is InChI=1S/C16H17ClN4/c1-2-11(15-7-8-20-16(17)21-15)5-6-14(19)9-13(10-18)12-3-4-12/h1,7-12,18-19H,3-6H2. The molecule has 0 saturated heterocycles. The van der Waals surface area contributed by atoms with Crippen LogP contribution in [0.1, 0.15) is 37.3 Å². The van der Waals surface area contributed by atoms with E-state index in [4.69, 9.17) is 28.8 Å². The van der Waals surface area contributed by atoms with Crippen molar-refractivity contribution in [1.29, 1.82) is 10.8 Å². The molecule has 1 saturated carbocycles. The SMILES string of the molecule is C#CC(CCC(=N)C=C(C=N)C1CC1)c1ccnc(Cl)n1. The predicted octanol–water partition coefficient (Wildman–Crippen LogP) is 3.63. The second-order valence-electron chi connectivity index (χ2n) is 5.10. The van der Waals surface area contributed by atoms with E-state index < -0.39 is 0 Å². The smallest absolute Gasteiger partial charge is 0.222 e. The van der Waals surface area contributed by atoms with Crippen molar-refractivity contribution in [3.8, 4) is 12.3 Å². The molecule has 2 N–H and O–H groups in total. The van der Waals surface area contributed by atoms with Crippen molar-refractivity contribution in [2.24, 2.45) is 5.92 Å². The van der Waals surface area contributed by atoms with Crippen LogP contribution in [0.3, 0.4) is 0 Å². The van der Waals surface area contributed by atoms with Gasteiger partial charge in [0.2, 0.25) is 5.28 Å². The number of nitrogens with zero attached hydrogens (tertiary/aromatic N) is 2. The van der Waals surface area contributed by atoms with Crippen LogP contribution in [0.4, 0.5) is 0 Å². The number of allylic oxidation sites excluding steroid dienone is 2. The Hall–Kier alpha value is -1.99. The second kappa shape index (κ2) is 7.14. The molecule has 1 aromatic rings. The summed E-state index contributed by atoms with van der Waals surface area (Å²) in [5.74, 6) is 2.99. The van der Waals surface area contributed by atoms with Gasteiger partial charge in [0.1, 0.15) is 0 Å². The molecule has 1 aromatic heterocycles. The van der Waals surface area contributed by atoms with Crippen LogP contribution < -0.4 is 0 Å². The Balaban J connectivity index is 1.95. The van der Waals surface area contributed by atoms with Crippen molar-refractivity contribution in [1.82, 2.24) is 9.97 Å². The number of hydrogen-bond donors (Lipinski definition) is 2. The quantitative estimate of drug-likeness (QED) is 0.458. The van der Waals surface area contributed by atoms with Crippen molar-refractivity contribution in [2.45, 2.75) is 31.6 Å². The zero-order valence-electron chi connectivity index (χ0n) is 11.6. The van der Waals surface area contributed by atoms with E-state index in [0.29, 0.717) is 30.2 Å². The second-order valence-corrected chi connectivity index (χ2v) is 5.43. The molecular formula is C16H17ClN4. The number of hydrogen-bond acceptors (Lipinski definition) is 4. The molecule has 108 valence electrons. The topological polar surface area (TPSA) is 73.5 Å². The fourth-order valence-electron chi connectivity index (χ4n) is 2.13. The van der Waals surface area contributed by atoms with Crippen LogP contribution in [0.2, 0.25) is 5.28 Å². The Kier molecular flexibility index (Phi) is 5.24. The first-order valence-corrected chi connectivity index (χ1v) is 7.26. The molecule has 1 aliphatic carbocycles. The van der Waals surface area contributed by atoms with E-state index in [1.807, 2.05) is 0 Å². The zero-order valence-corrected chi connectivity index (χ0v) is 12.4. The van der Waals surface area contributed by atoms with E-state index >= 15 is 0 Å². The van der Waals surface area contributed by atoms with Gasteiger partial charge >= 0.3 is 0 Å². The molecule has 5 heteroatoms. The van der Waals surface area contributed by atoms with Gasteiger partial charge < -0.3 is 10.8 Å². The number of halogens is 1. The molecule has 1 aliphatic rings. The molecule has 1 atom stereocenters. The normalized spacial score (nSPS) is 16.1. The molecule has 2 rings (SSSR count). The fourth-order valence-corrected chi connectivity index (χ4v) is 2.28. The van der Waals surface area contributed by atoms with Gasteiger partial charge in [-0.15, -0.1) is 6.42 Å². The van der Waals surface area contributed by atoms with Crippen molar-refractivity contribution in [3.63, 3.8) is 0 Å². The van der Waals surface area contributed by atoms with Gasteiger partial charge in [0.15, 0.2) is 0 Å². The van der Waals surface area contributed by atoms with E-state index in [1.54, 1.807) is 18.3 Å². The Bertz CT molecular complexity index is 611. The molecular weight excluding hydrogens is 284 g/mol. The Morgan fingerprint density at radius 3 is 2.90 bits per heavy atom. The third-order valence-electron chi connectivity index (χ3n) is 3.46. The van der Waals surface area contributed by atoms with Gasteiger partial charge in [-0.05, 0) is 60.9 Å². The molecule has 21 heavy (non-hydrogen) atoms. The van der Waals surface area contributed by atoms with Gasteiger partial charge in [0.05, 0.1) is 11.6 Å². The van der Waals surface area contributed by atoms with Crippen molar-refractivity contribution in [3.05, 3.63) is 34.9 Å². The number of rotatable bonds is 7. The molecule has 1 heterocycles. The summed E-state index contributed by atoms with van der Waals surface area (Å²) in [5.41, 5.74) is 2.16. The summed E-state index contributed by atoms with van der Waals surface area (Å²) in [4.78, 5) is 7.96. The van der Waals surface area contributed by atoms with Crippen molar-refractivity contribution < 1.29 is 0 Å². The molecule has 1 unspecified atom stereocenters. The lowest BCUT2D eigenvalue weighted by Gasteiger charge is -2.10. The monoisotopic (exact) mass is 300 g/mol. The minimum atomic E-state index is -0.177. The maximum absolute atomic E-state index is 8.01. The van der Waals surface area contributed by atoms with E-state index in [0.717, 1.165) is 18.4 Å². The summed E-state index contributed by atoms with van der Waals surface area (Å²) in [6.45, 7) is 0. The van der Waals surface area contributed by atoms with E-state index in [2.05, 4.69) is 15.9 Å². The molecule has 1 fully saturated rings. The molecule has 0 amide bonds. The van der Waals surface area contributed by atoms with Crippen LogP contribution in [-0.4, -0.2) is 21.9 Å². The van der Waals surface area contributed by atoms with Gasteiger partial charge in [-0.2, -0.15) is 0 Å². The highest BCUT2D eigenvalue weighted by Gasteiger charge is 2.24. The van der Waals surface area contributed by atoms with E-state index in [-0.39, 0.29) is 11.2 Å². The van der Waals surface area contributed by atoms with Gasteiger partial charge in [0.25, 0.3) is 0 Å². The minimum Gasteiger partial charge on any atom is -0.308 e. The average Bonchev–Trinajstić information content (AvgIpc) is 3.30. The molecule has 0 aromatic carbocycles. The summed E-state index contributed by atoms with van der Waals surface area (Å²) in [7, 11) is 0. The third kappa shape index (κ3) is 4.51. The van der Waals surface area contributed by atoms with E-state index in [9.17, 15) is 0 Å². The van der Waals surface area contributed by atoms with Gasteiger partial charge in [0, 0.05) is 18.1 Å². The highest BCUT2D eigenvalue weighted by atomic mass is 35.5. The van der Waals surface area contributed by atoms with Crippen LogP contribution in [0.25, 0.3) is 0 Å². The van der Waals surface area contributed by atoms with Crippen LogP contribution >= 0.6 is 11.6 Å². The average molecular weight is 301 g/mol.